The smallest absolute Gasteiger partial charge is 0.726 e. The summed E-state index contributed by atoms with van der Waals surface area (Å²) in [6.07, 6.45) is 53.1. The second-order valence-electron chi connectivity index (χ2n) is 16.8. The van der Waals surface area contributed by atoms with Crippen LogP contribution < -0.4 is 0 Å². The maximum atomic E-state index is 10.8. The van der Waals surface area contributed by atoms with Gasteiger partial charge in [0.15, 0.2) is 0 Å². The summed E-state index contributed by atoms with van der Waals surface area (Å²) in [6.45, 7) is 8.90. The third kappa shape index (κ3) is 58.5. The van der Waals surface area contributed by atoms with Crippen LogP contribution in [0.25, 0.3) is 0 Å². The van der Waals surface area contributed by atoms with Crippen LogP contribution in [0.15, 0.2) is 24.3 Å². The molecule has 0 N–H and O–H groups in total. The predicted molar refractivity (Wildman–Crippen MR) is 251 cm³/mol. The van der Waals surface area contributed by atoms with Gasteiger partial charge >= 0.3 is 37.7 Å². The molecule has 0 saturated heterocycles. The number of hydrogen-bond acceptors (Lipinski definition) is 8. The first kappa shape index (κ1) is 63.8. The minimum absolute atomic E-state index is 0. The second-order valence-corrected chi connectivity index (χ2v) is 18.9. The zero-order valence-corrected chi connectivity index (χ0v) is 43.0. The molecule has 11 heteroatoms. The fourth-order valence-corrected chi connectivity index (χ4v) is 7.94. The molecule has 0 radical (unpaired) electrons. The largest absolute Gasteiger partial charge is 2.00 e. The van der Waals surface area contributed by atoms with Crippen LogP contribution in [0.2, 0.25) is 0 Å². The first-order valence-corrected chi connectivity index (χ1v) is 27.2. The van der Waals surface area contributed by atoms with Crippen molar-refractivity contribution in [1.82, 2.24) is 0 Å². The van der Waals surface area contributed by atoms with Crippen molar-refractivity contribution in [2.24, 2.45) is 11.8 Å². The zero-order chi connectivity index (χ0) is 43.3. The van der Waals surface area contributed by atoms with Gasteiger partial charge in [-0.25, -0.2) is 16.8 Å². The number of rotatable bonds is 44. The van der Waals surface area contributed by atoms with Gasteiger partial charge in [-0.05, 0) is 38.5 Å². The second kappa shape index (κ2) is 49.5. The van der Waals surface area contributed by atoms with Crippen LogP contribution in [-0.2, 0) is 29.2 Å². The Morgan fingerprint density at radius 3 is 0.831 bits per heavy atom. The summed E-state index contributed by atoms with van der Waals surface area (Å²) < 4.78 is 73.7. The topological polar surface area (TPSA) is 133 Å². The van der Waals surface area contributed by atoms with Crippen molar-refractivity contribution >= 4 is 58.5 Å². The van der Waals surface area contributed by atoms with Crippen molar-refractivity contribution in [3.63, 3.8) is 0 Å². The van der Waals surface area contributed by atoms with Crippen LogP contribution >= 0.6 is 0 Å². The van der Waals surface area contributed by atoms with E-state index in [9.17, 15) is 25.9 Å². The van der Waals surface area contributed by atoms with Crippen molar-refractivity contribution in [2.45, 2.75) is 259 Å². The quantitative estimate of drug-likeness (QED) is 0.0194. The Bertz CT molecular complexity index is 1010. The van der Waals surface area contributed by atoms with Crippen molar-refractivity contribution in [3.8, 4) is 0 Å². The average molecular weight is 903 g/mol. The Morgan fingerprint density at radius 1 is 0.373 bits per heavy atom. The molecule has 0 aliphatic rings. The van der Waals surface area contributed by atoms with Crippen molar-refractivity contribution < 1.29 is 34.3 Å². The van der Waals surface area contributed by atoms with E-state index >= 15 is 0 Å². The van der Waals surface area contributed by atoms with Crippen molar-refractivity contribution in [3.05, 3.63) is 24.3 Å². The molecule has 0 bridgehead atoms. The normalized spacial score (nSPS) is 13.1. The van der Waals surface area contributed by atoms with Crippen molar-refractivity contribution in [1.29, 1.82) is 0 Å². The molecule has 0 aliphatic heterocycles. The molecule has 0 aromatic rings. The molecule has 0 rings (SSSR count). The van der Waals surface area contributed by atoms with E-state index in [0.717, 1.165) is 38.5 Å². The van der Waals surface area contributed by atoms with E-state index in [1.54, 1.807) is 0 Å². The summed E-state index contributed by atoms with van der Waals surface area (Å²) in [5.41, 5.74) is 0. The number of unbranched alkanes of at least 4 members (excludes halogenated alkanes) is 30. The molecular formula is C48H94CaO8S2. The van der Waals surface area contributed by atoms with Crippen LogP contribution in [-0.4, -0.2) is 76.9 Å². The van der Waals surface area contributed by atoms with Gasteiger partial charge in [0.25, 0.3) is 0 Å². The molecule has 8 nitrogen and oxygen atoms in total. The molecule has 0 aromatic heterocycles. The molecule has 0 fully saturated rings. The Morgan fingerprint density at radius 2 is 0.593 bits per heavy atom. The summed E-state index contributed by atoms with van der Waals surface area (Å²) in [5.74, 6) is 0.0423. The van der Waals surface area contributed by atoms with Gasteiger partial charge in [-0.3, -0.25) is 8.37 Å². The van der Waals surface area contributed by atoms with E-state index < -0.39 is 20.8 Å². The SMILES string of the molecule is CCCCCCCC/C=C/C(CCCCCCCCCCCC)COS(=O)(=O)[O-].CCCCCCCC/C=C/C(CCCCCCCCCCCC)COS(=O)(=O)[O-].[Ca+2]. The van der Waals surface area contributed by atoms with Crippen LogP contribution in [0, 0.1) is 11.8 Å². The monoisotopic (exact) mass is 903 g/mol. The average Bonchev–Trinajstić information content (AvgIpc) is 3.18. The van der Waals surface area contributed by atoms with Gasteiger partial charge in [-0.1, -0.05) is 245 Å². The number of hydrogen-bond donors (Lipinski definition) is 0. The molecule has 0 aromatic carbocycles. The fraction of sp³-hybridized carbons (Fsp3) is 0.917. The van der Waals surface area contributed by atoms with Crippen LogP contribution in [0.3, 0.4) is 0 Å². The molecule has 59 heavy (non-hydrogen) atoms. The molecule has 0 amide bonds. The van der Waals surface area contributed by atoms with Gasteiger partial charge < -0.3 is 9.11 Å². The van der Waals surface area contributed by atoms with Gasteiger partial charge in [-0.15, -0.1) is 0 Å². The van der Waals surface area contributed by atoms with Crippen LogP contribution in [0.1, 0.15) is 259 Å². The van der Waals surface area contributed by atoms with E-state index in [4.69, 9.17) is 0 Å². The molecule has 0 saturated carbocycles. The molecule has 0 heterocycles. The summed E-state index contributed by atoms with van der Waals surface area (Å²) in [5, 5.41) is 0. The standard InChI is InChI=1S/2C24H48O4S.Ca/c2*1-3-5-7-9-11-13-14-16-18-20-22-24(23-28-29(25,26)27)21-19-17-15-12-10-8-6-4-2;/h2*19,21,24H,3-18,20,22-23H2,1-2H3,(H,25,26,27);/q;;+2/p-2/b2*21-19+;. The minimum Gasteiger partial charge on any atom is -0.726 e. The van der Waals surface area contributed by atoms with Gasteiger partial charge in [0.2, 0.25) is 20.8 Å². The van der Waals surface area contributed by atoms with E-state index in [-0.39, 0.29) is 62.8 Å². The summed E-state index contributed by atoms with van der Waals surface area (Å²) in [7, 11) is -9.21. The Kier molecular flexibility index (Phi) is 53.5. The molecule has 0 spiro atoms. The van der Waals surface area contributed by atoms with E-state index in [0.29, 0.717) is 0 Å². The molecule has 348 valence electrons. The predicted octanol–water partition coefficient (Wildman–Crippen LogP) is 15.0. The van der Waals surface area contributed by atoms with Gasteiger partial charge in [0.05, 0.1) is 13.2 Å². The van der Waals surface area contributed by atoms with E-state index in [1.807, 2.05) is 0 Å². The van der Waals surface area contributed by atoms with Crippen LogP contribution in [0.4, 0.5) is 0 Å². The molecule has 0 aliphatic carbocycles. The van der Waals surface area contributed by atoms with Gasteiger partial charge in [0.1, 0.15) is 0 Å². The molecule has 2 unspecified atom stereocenters. The van der Waals surface area contributed by atoms with Crippen molar-refractivity contribution in [2.75, 3.05) is 13.2 Å². The Hall–Kier alpha value is 0.480. The first-order valence-electron chi connectivity index (χ1n) is 24.5. The Labute approximate surface area is 398 Å². The fourth-order valence-electron chi connectivity index (χ4n) is 7.26. The summed E-state index contributed by atoms with van der Waals surface area (Å²) in [4.78, 5) is 0. The number of allylic oxidation sites excluding steroid dienone is 2. The first-order chi connectivity index (χ1) is 28.0. The maximum Gasteiger partial charge on any atom is 2.00 e. The molecular weight excluding hydrogens is 809 g/mol. The van der Waals surface area contributed by atoms with Gasteiger partial charge in [0, 0.05) is 11.8 Å². The van der Waals surface area contributed by atoms with Crippen LogP contribution in [0.5, 0.6) is 0 Å². The Balaban J connectivity index is -0.00000105. The minimum atomic E-state index is -4.60. The van der Waals surface area contributed by atoms with E-state index in [2.05, 4.69) is 60.4 Å². The molecule has 2 atom stereocenters. The van der Waals surface area contributed by atoms with E-state index in [1.165, 1.54) is 193 Å². The summed E-state index contributed by atoms with van der Waals surface area (Å²) in [6, 6.07) is 0. The van der Waals surface area contributed by atoms with Gasteiger partial charge in [-0.2, -0.15) is 0 Å². The third-order valence-corrected chi connectivity index (χ3v) is 11.8. The zero-order valence-electron chi connectivity index (χ0n) is 39.1. The maximum absolute atomic E-state index is 10.8. The third-order valence-electron chi connectivity index (χ3n) is 11.0. The summed E-state index contributed by atoms with van der Waals surface area (Å²) >= 11 is 0.